The maximum Gasteiger partial charge on any atom is 0.224 e. The summed E-state index contributed by atoms with van der Waals surface area (Å²) < 4.78 is 0. The van der Waals surface area contributed by atoms with Crippen molar-refractivity contribution in [3.8, 4) is 0 Å². The maximum absolute atomic E-state index is 11.5. The third kappa shape index (κ3) is 4.77. The number of aliphatic hydroxyl groups excluding tert-OH is 1. The smallest absolute Gasteiger partial charge is 0.224 e. The molecular formula is C12H16BrNO2. The van der Waals surface area contributed by atoms with Crippen LogP contribution in [0, 0.1) is 0 Å². The Morgan fingerprint density at radius 2 is 1.94 bits per heavy atom. The third-order valence-electron chi connectivity index (χ3n) is 2.21. The quantitative estimate of drug-likeness (QED) is 0.624. The summed E-state index contributed by atoms with van der Waals surface area (Å²) in [7, 11) is 0. The first kappa shape index (κ1) is 13.2. The van der Waals surface area contributed by atoms with Gasteiger partial charge in [-0.3, -0.25) is 4.79 Å². The fourth-order valence-electron chi connectivity index (χ4n) is 1.30. The highest BCUT2D eigenvalue weighted by Crippen LogP contribution is 2.10. The molecule has 1 aromatic carbocycles. The Hall–Kier alpha value is -0.870. The Balaban J connectivity index is 2.37. The van der Waals surface area contributed by atoms with E-state index in [1.54, 1.807) is 24.3 Å². The number of nitrogens with one attached hydrogen (secondary N) is 1. The molecule has 0 aliphatic heterocycles. The molecule has 0 aromatic heterocycles. The molecule has 16 heavy (non-hydrogen) atoms. The number of rotatable bonds is 6. The minimum absolute atomic E-state index is 0.0273. The van der Waals surface area contributed by atoms with Gasteiger partial charge in [-0.25, -0.2) is 0 Å². The van der Waals surface area contributed by atoms with E-state index in [2.05, 4.69) is 21.2 Å². The molecule has 0 saturated carbocycles. The van der Waals surface area contributed by atoms with Crippen LogP contribution in [-0.2, 0) is 11.4 Å². The summed E-state index contributed by atoms with van der Waals surface area (Å²) in [6.45, 7) is 0.0273. The number of benzene rings is 1. The largest absolute Gasteiger partial charge is 0.392 e. The van der Waals surface area contributed by atoms with Crippen molar-refractivity contribution < 1.29 is 9.90 Å². The van der Waals surface area contributed by atoms with Crippen LogP contribution in [-0.4, -0.2) is 16.3 Å². The van der Waals surface area contributed by atoms with Crippen LogP contribution in [0.5, 0.6) is 0 Å². The zero-order chi connectivity index (χ0) is 11.8. The van der Waals surface area contributed by atoms with E-state index in [1.165, 1.54) is 0 Å². The van der Waals surface area contributed by atoms with Crippen molar-refractivity contribution in [2.75, 3.05) is 10.6 Å². The minimum Gasteiger partial charge on any atom is -0.392 e. The van der Waals surface area contributed by atoms with Crippen molar-refractivity contribution in [1.82, 2.24) is 0 Å². The molecule has 0 heterocycles. The second-order valence-electron chi connectivity index (χ2n) is 3.55. The molecule has 0 fully saturated rings. The maximum atomic E-state index is 11.5. The molecule has 0 atom stereocenters. The summed E-state index contributed by atoms with van der Waals surface area (Å²) in [5.41, 5.74) is 1.62. The zero-order valence-electron chi connectivity index (χ0n) is 9.08. The summed E-state index contributed by atoms with van der Waals surface area (Å²) in [6.07, 6.45) is 2.45. The van der Waals surface area contributed by atoms with Crippen LogP contribution in [0.1, 0.15) is 24.8 Å². The van der Waals surface area contributed by atoms with Crippen molar-refractivity contribution in [2.45, 2.75) is 25.9 Å². The predicted octanol–water partition coefficient (Wildman–Crippen LogP) is 2.68. The van der Waals surface area contributed by atoms with Gasteiger partial charge in [-0.2, -0.15) is 0 Å². The van der Waals surface area contributed by atoms with Crippen molar-refractivity contribution in [3.05, 3.63) is 29.8 Å². The Labute approximate surface area is 104 Å². The summed E-state index contributed by atoms with van der Waals surface area (Å²) in [4.78, 5) is 11.5. The van der Waals surface area contributed by atoms with Gasteiger partial charge in [0.15, 0.2) is 0 Å². The van der Waals surface area contributed by atoms with Gasteiger partial charge >= 0.3 is 0 Å². The standard InChI is InChI=1S/C12H16BrNO2/c13-8-2-1-3-12(16)14-11-6-4-10(9-15)5-7-11/h4-7,15H,1-3,8-9H2,(H,14,16). The summed E-state index contributed by atoms with van der Waals surface area (Å²) in [5.74, 6) is 0.0395. The molecule has 4 heteroatoms. The first-order chi connectivity index (χ1) is 7.76. The van der Waals surface area contributed by atoms with E-state index in [9.17, 15) is 4.79 Å². The van der Waals surface area contributed by atoms with E-state index in [1.807, 2.05) is 0 Å². The molecular weight excluding hydrogens is 270 g/mol. The number of aliphatic hydroxyl groups is 1. The number of amides is 1. The van der Waals surface area contributed by atoms with Crippen LogP contribution < -0.4 is 5.32 Å². The second kappa shape index (κ2) is 7.41. The molecule has 88 valence electrons. The Bertz CT molecular complexity index is 324. The first-order valence-corrected chi connectivity index (χ1v) is 6.44. The highest BCUT2D eigenvalue weighted by Gasteiger charge is 2.01. The van der Waals surface area contributed by atoms with Crippen LogP contribution in [0.25, 0.3) is 0 Å². The lowest BCUT2D eigenvalue weighted by atomic mass is 10.2. The molecule has 1 amide bonds. The van der Waals surface area contributed by atoms with E-state index in [4.69, 9.17) is 5.11 Å². The van der Waals surface area contributed by atoms with Gasteiger partial charge < -0.3 is 10.4 Å². The fraction of sp³-hybridized carbons (Fsp3) is 0.417. The number of carbonyl (C=O) groups excluding carboxylic acids is 1. The number of carbonyl (C=O) groups is 1. The van der Waals surface area contributed by atoms with Crippen molar-refractivity contribution in [2.24, 2.45) is 0 Å². The van der Waals surface area contributed by atoms with Crippen LogP contribution in [0.2, 0.25) is 0 Å². The molecule has 0 spiro atoms. The molecule has 1 rings (SSSR count). The monoisotopic (exact) mass is 285 g/mol. The zero-order valence-corrected chi connectivity index (χ0v) is 10.7. The van der Waals surface area contributed by atoms with Gasteiger partial charge in [0, 0.05) is 17.4 Å². The second-order valence-corrected chi connectivity index (χ2v) is 4.34. The molecule has 0 aliphatic rings. The van der Waals surface area contributed by atoms with E-state index in [-0.39, 0.29) is 12.5 Å². The summed E-state index contributed by atoms with van der Waals surface area (Å²) >= 11 is 3.33. The van der Waals surface area contributed by atoms with Crippen LogP contribution >= 0.6 is 15.9 Å². The SMILES string of the molecule is O=C(CCCCBr)Nc1ccc(CO)cc1. The van der Waals surface area contributed by atoms with E-state index in [0.29, 0.717) is 6.42 Å². The molecule has 0 unspecified atom stereocenters. The average molecular weight is 286 g/mol. The van der Waals surface area contributed by atoms with E-state index in [0.717, 1.165) is 29.4 Å². The predicted molar refractivity (Wildman–Crippen MR) is 68.6 cm³/mol. The van der Waals surface area contributed by atoms with E-state index >= 15 is 0 Å². The van der Waals surface area contributed by atoms with Crippen molar-refractivity contribution in [3.63, 3.8) is 0 Å². The first-order valence-electron chi connectivity index (χ1n) is 5.32. The van der Waals surface area contributed by atoms with Gasteiger partial charge in [-0.15, -0.1) is 0 Å². The van der Waals surface area contributed by atoms with Crippen molar-refractivity contribution >= 4 is 27.5 Å². The normalized spacial score (nSPS) is 10.1. The lowest BCUT2D eigenvalue weighted by molar-refractivity contribution is -0.116. The van der Waals surface area contributed by atoms with Gasteiger partial charge in [-0.05, 0) is 30.5 Å². The van der Waals surface area contributed by atoms with E-state index < -0.39 is 0 Å². The van der Waals surface area contributed by atoms with Gasteiger partial charge in [0.1, 0.15) is 0 Å². The summed E-state index contributed by atoms with van der Waals surface area (Å²) in [5, 5.41) is 12.6. The molecule has 0 aliphatic carbocycles. The molecule has 2 N–H and O–H groups in total. The van der Waals surface area contributed by atoms with Gasteiger partial charge in [0.05, 0.1) is 6.61 Å². The van der Waals surface area contributed by atoms with Crippen LogP contribution in [0.3, 0.4) is 0 Å². The molecule has 0 bridgehead atoms. The number of hydrogen-bond acceptors (Lipinski definition) is 2. The van der Waals surface area contributed by atoms with Gasteiger partial charge in [0.2, 0.25) is 5.91 Å². The topological polar surface area (TPSA) is 49.3 Å². The molecule has 0 saturated heterocycles. The Morgan fingerprint density at radius 1 is 1.25 bits per heavy atom. The number of hydrogen-bond donors (Lipinski definition) is 2. The highest BCUT2D eigenvalue weighted by atomic mass is 79.9. The number of unbranched alkanes of at least 4 members (excludes halogenated alkanes) is 1. The van der Waals surface area contributed by atoms with Gasteiger partial charge in [0.25, 0.3) is 0 Å². The minimum atomic E-state index is 0.0273. The third-order valence-corrected chi connectivity index (χ3v) is 2.77. The fourth-order valence-corrected chi connectivity index (χ4v) is 1.69. The number of alkyl halides is 1. The average Bonchev–Trinajstić information content (AvgIpc) is 2.30. The Kier molecular flexibility index (Phi) is 6.11. The van der Waals surface area contributed by atoms with Gasteiger partial charge in [-0.1, -0.05) is 28.1 Å². The van der Waals surface area contributed by atoms with Crippen molar-refractivity contribution in [1.29, 1.82) is 0 Å². The lowest BCUT2D eigenvalue weighted by Gasteiger charge is -2.05. The van der Waals surface area contributed by atoms with Crippen LogP contribution in [0.15, 0.2) is 24.3 Å². The highest BCUT2D eigenvalue weighted by molar-refractivity contribution is 9.09. The Morgan fingerprint density at radius 3 is 2.50 bits per heavy atom. The van der Waals surface area contributed by atoms with Crippen LogP contribution in [0.4, 0.5) is 5.69 Å². The summed E-state index contributed by atoms with van der Waals surface area (Å²) in [6, 6.07) is 7.20. The number of anilines is 1. The molecule has 3 nitrogen and oxygen atoms in total. The molecule has 1 aromatic rings. The number of halogens is 1. The molecule has 0 radical (unpaired) electrons. The lowest BCUT2D eigenvalue weighted by Crippen LogP contribution is -2.11.